The van der Waals surface area contributed by atoms with E-state index in [1.165, 1.54) is 5.54 Å². The van der Waals surface area contributed by atoms with Gasteiger partial charge >= 0.3 is 0 Å². The van der Waals surface area contributed by atoms with Crippen LogP contribution in [0, 0.1) is 0 Å². The Bertz CT molecular complexity index is 157. The third-order valence-corrected chi connectivity index (χ3v) is 2.21. The molecule has 0 radical (unpaired) electrons. The molecule has 12 heavy (non-hydrogen) atoms. The Morgan fingerprint density at radius 3 is 2.58 bits per heavy atom. The highest BCUT2D eigenvalue weighted by Crippen LogP contribution is 2.09. The summed E-state index contributed by atoms with van der Waals surface area (Å²) < 4.78 is 0. The zero-order valence-electron chi connectivity index (χ0n) is 7.40. The van der Waals surface area contributed by atoms with Crippen molar-refractivity contribution in [1.29, 1.82) is 0 Å². The minimum Gasteiger partial charge on any atom is -0.396 e. The quantitative estimate of drug-likeness (QED) is 0.731. The van der Waals surface area contributed by atoms with Crippen molar-refractivity contribution in [2.45, 2.75) is 25.8 Å². The molecule has 0 bridgehead atoms. The monoisotopic (exact) mass is 211 g/mol. The van der Waals surface area contributed by atoms with Gasteiger partial charge in [-0.1, -0.05) is 23.2 Å². The summed E-state index contributed by atoms with van der Waals surface area (Å²) in [6, 6.07) is 0. The predicted molar refractivity (Wildman–Crippen MR) is 53.6 cm³/mol. The van der Waals surface area contributed by atoms with E-state index >= 15 is 0 Å². The third-order valence-electron chi connectivity index (χ3n) is 1.59. The number of nitrogens with one attached hydrogen (secondary N) is 1. The van der Waals surface area contributed by atoms with Crippen LogP contribution in [0.25, 0.3) is 0 Å². The lowest BCUT2D eigenvalue weighted by atomic mass is 10.0. The van der Waals surface area contributed by atoms with Gasteiger partial charge in [0.05, 0.1) is 0 Å². The molecule has 2 nitrogen and oxygen atoms in total. The van der Waals surface area contributed by atoms with Gasteiger partial charge in [-0.25, -0.2) is 0 Å². The number of rotatable bonds is 5. The molecule has 72 valence electrons. The number of hydrogen-bond acceptors (Lipinski definition) is 2. The first kappa shape index (κ1) is 12.2. The van der Waals surface area contributed by atoms with Gasteiger partial charge in [0.2, 0.25) is 0 Å². The number of halogens is 2. The fourth-order valence-electron chi connectivity index (χ4n) is 0.730. The first-order chi connectivity index (χ1) is 5.52. The molecule has 0 fully saturated rings. The van der Waals surface area contributed by atoms with Crippen LogP contribution in [0.2, 0.25) is 0 Å². The highest BCUT2D eigenvalue weighted by molar-refractivity contribution is 6.36. The van der Waals surface area contributed by atoms with E-state index < -0.39 is 0 Å². The summed E-state index contributed by atoms with van der Waals surface area (Å²) in [5.41, 5.74) is 1.23. The second kappa shape index (κ2) is 5.81. The Balaban J connectivity index is 3.75. The zero-order chi connectivity index (χ0) is 9.61. The highest BCUT2D eigenvalue weighted by Gasteiger charge is 2.15. The molecular formula is C8H15Cl2NO. The van der Waals surface area contributed by atoms with Crippen LogP contribution in [-0.4, -0.2) is 23.8 Å². The van der Waals surface area contributed by atoms with E-state index in [1.807, 2.05) is 13.8 Å². The molecule has 0 aliphatic carbocycles. The van der Waals surface area contributed by atoms with Crippen molar-refractivity contribution < 1.29 is 5.11 Å². The normalized spacial score (nSPS) is 13.6. The molecule has 0 saturated heterocycles. The molecule has 0 spiro atoms. The smallest absolute Gasteiger partial charge is 0.0448 e. The van der Waals surface area contributed by atoms with Gasteiger partial charge in [-0.15, -0.1) is 0 Å². The first-order valence-electron chi connectivity index (χ1n) is 3.82. The van der Waals surface area contributed by atoms with Gasteiger partial charge in [0.1, 0.15) is 0 Å². The summed E-state index contributed by atoms with van der Waals surface area (Å²) >= 11 is 11.1. The van der Waals surface area contributed by atoms with E-state index in [0.29, 0.717) is 18.0 Å². The van der Waals surface area contributed by atoms with Gasteiger partial charge in [0, 0.05) is 29.3 Å². The van der Waals surface area contributed by atoms with E-state index in [4.69, 9.17) is 28.3 Å². The summed E-state index contributed by atoms with van der Waals surface area (Å²) in [6.07, 6.45) is 0.694. The Morgan fingerprint density at radius 2 is 2.17 bits per heavy atom. The average Bonchev–Trinajstić information content (AvgIpc) is 2.00. The summed E-state index contributed by atoms with van der Waals surface area (Å²) in [4.78, 5) is 0. The van der Waals surface area contributed by atoms with Gasteiger partial charge in [0.25, 0.3) is 0 Å². The van der Waals surface area contributed by atoms with Crippen LogP contribution < -0.4 is 5.32 Å². The highest BCUT2D eigenvalue weighted by atomic mass is 35.5. The van der Waals surface area contributed by atoms with Crippen molar-refractivity contribution >= 4 is 23.2 Å². The minimum atomic E-state index is -0.102. The topological polar surface area (TPSA) is 32.3 Å². The maximum atomic E-state index is 8.71. The van der Waals surface area contributed by atoms with Crippen LogP contribution in [0.15, 0.2) is 10.6 Å². The summed E-state index contributed by atoms with van der Waals surface area (Å²) in [5.74, 6) is 0. The SMILES string of the molecule is CC(C)(CCO)NCC(Cl)=CCl. The fraction of sp³-hybridized carbons (Fsp3) is 0.750. The Kier molecular flexibility index (Phi) is 5.93. The van der Waals surface area contributed by atoms with Crippen molar-refractivity contribution in [3.8, 4) is 0 Å². The lowest BCUT2D eigenvalue weighted by Crippen LogP contribution is -2.40. The van der Waals surface area contributed by atoms with Crippen molar-refractivity contribution in [2.75, 3.05) is 13.2 Å². The number of hydrogen-bond donors (Lipinski definition) is 2. The van der Waals surface area contributed by atoms with Crippen molar-refractivity contribution in [3.05, 3.63) is 10.6 Å². The van der Waals surface area contributed by atoms with Crippen LogP contribution >= 0.6 is 23.2 Å². The molecule has 0 unspecified atom stereocenters. The number of aliphatic hydroxyl groups is 1. The van der Waals surface area contributed by atoms with E-state index in [0.717, 1.165) is 0 Å². The van der Waals surface area contributed by atoms with Crippen molar-refractivity contribution in [2.24, 2.45) is 0 Å². The first-order valence-corrected chi connectivity index (χ1v) is 4.64. The molecule has 0 saturated carbocycles. The van der Waals surface area contributed by atoms with Gasteiger partial charge in [-0.05, 0) is 20.3 Å². The van der Waals surface area contributed by atoms with Crippen LogP contribution in [0.5, 0.6) is 0 Å². The van der Waals surface area contributed by atoms with Gasteiger partial charge < -0.3 is 10.4 Å². The molecule has 0 aliphatic rings. The third kappa shape index (κ3) is 5.84. The molecule has 0 aromatic heterocycles. The molecule has 0 aliphatic heterocycles. The van der Waals surface area contributed by atoms with Gasteiger partial charge in [-0.2, -0.15) is 0 Å². The van der Waals surface area contributed by atoms with E-state index in [-0.39, 0.29) is 12.1 Å². The van der Waals surface area contributed by atoms with Crippen LogP contribution in [0.1, 0.15) is 20.3 Å². The van der Waals surface area contributed by atoms with Crippen LogP contribution in [0.3, 0.4) is 0 Å². The number of aliphatic hydroxyl groups excluding tert-OH is 1. The summed E-state index contributed by atoms with van der Waals surface area (Å²) in [5, 5.41) is 12.4. The Labute approximate surface area is 83.6 Å². The average molecular weight is 212 g/mol. The molecule has 4 heteroatoms. The molecular weight excluding hydrogens is 197 g/mol. The minimum absolute atomic E-state index is 0.102. The van der Waals surface area contributed by atoms with E-state index in [9.17, 15) is 0 Å². The largest absolute Gasteiger partial charge is 0.396 e. The molecule has 0 amide bonds. The van der Waals surface area contributed by atoms with Gasteiger partial charge in [-0.3, -0.25) is 0 Å². The fourth-order valence-corrected chi connectivity index (χ4v) is 0.874. The lowest BCUT2D eigenvalue weighted by Gasteiger charge is -2.25. The standard InChI is InChI=1S/C8H15Cl2NO/c1-8(2,3-4-12)11-6-7(10)5-9/h5,11-12H,3-4,6H2,1-2H3. The molecule has 0 rings (SSSR count). The molecule has 0 heterocycles. The second-order valence-corrected chi connectivity index (χ2v) is 3.97. The van der Waals surface area contributed by atoms with E-state index in [1.54, 1.807) is 0 Å². The predicted octanol–water partition coefficient (Wildman–Crippen LogP) is 2.06. The van der Waals surface area contributed by atoms with Gasteiger partial charge in [0.15, 0.2) is 0 Å². The Morgan fingerprint density at radius 1 is 1.58 bits per heavy atom. The van der Waals surface area contributed by atoms with E-state index in [2.05, 4.69) is 5.32 Å². The lowest BCUT2D eigenvalue weighted by molar-refractivity contribution is 0.234. The molecule has 0 atom stereocenters. The second-order valence-electron chi connectivity index (χ2n) is 3.27. The van der Waals surface area contributed by atoms with Crippen LogP contribution in [-0.2, 0) is 0 Å². The van der Waals surface area contributed by atoms with Crippen LogP contribution in [0.4, 0.5) is 0 Å². The Hall–Kier alpha value is 0.240. The summed E-state index contributed by atoms with van der Waals surface area (Å²) in [7, 11) is 0. The molecule has 2 N–H and O–H groups in total. The molecule has 0 aromatic carbocycles. The maximum absolute atomic E-state index is 8.71. The zero-order valence-corrected chi connectivity index (χ0v) is 8.91. The maximum Gasteiger partial charge on any atom is 0.0448 e. The molecule has 0 aromatic rings. The van der Waals surface area contributed by atoms with Crippen molar-refractivity contribution in [1.82, 2.24) is 5.32 Å². The summed E-state index contributed by atoms with van der Waals surface area (Å²) in [6.45, 7) is 4.71. The van der Waals surface area contributed by atoms with Crippen molar-refractivity contribution in [3.63, 3.8) is 0 Å².